The molecule has 0 fully saturated rings. The highest BCUT2D eigenvalue weighted by Crippen LogP contribution is 2.40. The maximum Gasteiger partial charge on any atom is 0.316 e. The van der Waals surface area contributed by atoms with Gasteiger partial charge >= 0.3 is 6.03 Å². The first-order valence-electron chi connectivity index (χ1n) is 7.27. The molecule has 0 radical (unpaired) electrons. The molecule has 1 aromatic rings. The lowest BCUT2D eigenvalue weighted by Gasteiger charge is -2.27. The molecular weight excluding hydrogens is 298 g/mol. The molecule has 0 aromatic heterocycles. The molecule has 1 atom stereocenters. The molecule has 0 heterocycles. The van der Waals surface area contributed by atoms with Gasteiger partial charge in [-0.15, -0.1) is 0 Å². The van der Waals surface area contributed by atoms with Crippen molar-refractivity contribution in [1.82, 2.24) is 15.1 Å². The molecule has 130 valence electrons. The smallest absolute Gasteiger partial charge is 0.316 e. The van der Waals surface area contributed by atoms with E-state index in [9.17, 15) is 4.79 Å². The van der Waals surface area contributed by atoms with Crippen LogP contribution in [-0.2, 0) is 0 Å². The molecule has 1 N–H and O–H groups in total. The Morgan fingerprint density at radius 1 is 1.04 bits per heavy atom. The Kier molecular flexibility index (Phi) is 6.96. The van der Waals surface area contributed by atoms with Gasteiger partial charge in [-0.2, -0.15) is 0 Å². The van der Waals surface area contributed by atoms with Gasteiger partial charge < -0.3 is 29.3 Å². The maximum absolute atomic E-state index is 11.8. The number of amides is 2. The molecule has 7 nitrogen and oxygen atoms in total. The highest BCUT2D eigenvalue weighted by molar-refractivity contribution is 5.73. The zero-order valence-electron chi connectivity index (χ0n) is 15.0. The molecule has 0 saturated heterocycles. The SMILES string of the molecule is COc1cc(C(CNC(=O)N(C)C)N(C)C)cc(OC)c1OC. The van der Waals surface area contributed by atoms with Gasteiger partial charge in [0.05, 0.1) is 27.4 Å². The van der Waals surface area contributed by atoms with Crippen molar-refractivity contribution in [2.75, 3.05) is 56.1 Å². The van der Waals surface area contributed by atoms with Gasteiger partial charge in [0.15, 0.2) is 11.5 Å². The number of carbonyl (C=O) groups excluding carboxylic acids is 1. The third kappa shape index (κ3) is 4.66. The first-order chi connectivity index (χ1) is 10.8. The molecule has 0 saturated carbocycles. The number of ether oxygens (including phenoxy) is 3. The van der Waals surface area contributed by atoms with Crippen LogP contribution in [-0.4, -0.2) is 71.9 Å². The molecule has 0 aliphatic rings. The minimum absolute atomic E-state index is 0.0346. The summed E-state index contributed by atoms with van der Waals surface area (Å²) < 4.78 is 16.1. The van der Waals surface area contributed by atoms with Crippen molar-refractivity contribution >= 4 is 6.03 Å². The fourth-order valence-corrected chi connectivity index (χ4v) is 2.23. The number of carbonyl (C=O) groups is 1. The summed E-state index contributed by atoms with van der Waals surface area (Å²) in [6.07, 6.45) is 0. The minimum atomic E-state index is -0.135. The lowest BCUT2D eigenvalue weighted by atomic mass is 10.0. The van der Waals surface area contributed by atoms with E-state index >= 15 is 0 Å². The van der Waals surface area contributed by atoms with E-state index in [1.807, 2.05) is 31.1 Å². The van der Waals surface area contributed by atoms with Crippen LogP contribution in [0.25, 0.3) is 0 Å². The summed E-state index contributed by atoms with van der Waals surface area (Å²) in [7, 11) is 12.1. The van der Waals surface area contributed by atoms with Crippen LogP contribution in [0, 0.1) is 0 Å². The summed E-state index contributed by atoms with van der Waals surface area (Å²) in [4.78, 5) is 15.3. The average molecular weight is 325 g/mol. The number of benzene rings is 1. The number of rotatable bonds is 7. The Bertz CT molecular complexity index is 507. The summed E-state index contributed by atoms with van der Waals surface area (Å²) in [6, 6.07) is 3.62. The quantitative estimate of drug-likeness (QED) is 0.825. The van der Waals surface area contributed by atoms with Crippen molar-refractivity contribution in [2.24, 2.45) is 0 Å². The predicted octanol–water partition coefficient (Wildman–Crippen LogP) is 1.59. The van der Waals surface area contributed by atoms with E-state index in [0.29, 0.717) is 23.8 Å². The molecule has 2 amide bonds. The number of urea groups is 1. The van der Waals surface area contributed by atoms with Crippen molar-refractivity contribution in [3.05, 3.63) is 17.7 Å². The molecule has 1 aromatic carbocycles. The van der Waals surface area contributed by atoms with Gasteiger partial charge in [0, 0.05) is 20.6 Å². The van der Waals surface area contributed by atoms with E-state index in [-0.39, 0.29) is 12.1 Å². The van der Waals surface area contributed by atoms with Gasteiger partial charge in [-0.3, -0.25) is 0 Å². The van der Waals surface area contributed by atoms with Crippen LogP contribution >= 0.6 is 0 Å². The largest absolute Gasteiger partial charge is 0.493 e. The molecule has 1 unspecified atom stereocenters. The maximum atomic E-state index is 11.8. The van der Waals surface area contributed by atoms with E-state index in [1.165, 1.54) is 4.90 Å². The van der Waals surface area contributed by atoms with Gasteiger partial charge in [-0.25, -0.2) is 4.79 Å². The van der Waals surface area contributed by atoms with E-state index in [2.05, 4.69) is 5.32 Å². The Balaban J connectivity index is 3.14. The van der Waals surface area contributed by atoms with Crippen molar-refractivity contribution in [1.29, 1.82) is 0 Å². The summed E-state index contributed by atoms with van der Waals surface area (Å²) >= 11 is 0. The number of hydrogen-bond acceptors (Lipinski definition) is 5. The second-order valence-electron chi connectivity index (χ2n) is 5.52. The fourth-order valence-electron chi connectivity index (χ4n) is 2.23. The van der Waals surface area contributed by atoms with Crippen LogP contribution in [0.1, 0.15) is 11.6 Å². The normalized spacial score (nSPS) is 11.8. The Hall–Kier alpha value is -2.15. The van der Waals surface area contributed by atoms with Crippen LogP contribution in [0.15, 0.2) is 12.1 Å². The highest BCUT2D eigenvalue weighted by Gasteiger charge is 2.21. The van der Waals surface area contributed by atoms with Crippen LogP contribution in [0.5, 0.6) is 17.2 Å². The average Bonchev–Trinajstić information content (AvgIpc) is 2.53. The Labute approximate surface area is 138 Å². The Morgan fingerprint density at radius 3 is 1.91 bits per heavy atom. The molecule has 0 bridgehead atoms. The Morgan fingerprint density at radius 2 is 1.57 bits per heavy atom. The number of likely N-dealkylation sites (N-methyl/N-ethyl adjacent to an activating group) is 1. The van der Waals surface area contributed by atoms with Gasteiger partial charge in [0.25, 0.3) is 0 Å². The number of nitrogens with zero attached hydrogens (tertiary/aromatic N) is 2. The van der Waals surface area contributed by atoms with Crippen LogP contribution in [0.4, 0.5) is 4.79 Å². The molecule has 23 heavy (non-hydrogen) atoms. The molecule has 0 aliphatic carbocycles. The summed E-state index contributed by atoms with van der Waals surface area (Å²) in [5.41, 5.74) is 0.962. The second-order valence-corrected chi connectivity index (χ2v) is 5.52. The molecular formula is C16H27N3O4. The van der Waals surface area contributed by atoms with Crippen molar-refractivity contribution in [3.8, 4) is 17.2 Å². The van der Waals surface area contributed by atoms with Crippen LogP contribution in [0.3, 0.4) is 0 Å². The molecule has 7 heteroatoms. The lowest BCUT2D eigenvalue weighted by molar-refractivity contribution is 0.210. The van der Waals surface area contributed by atoms with Crippen molar-refractivity contribution in [2.45, 2.75) is 6.04 Å². The number of hydrogen-bond donors (Lipinski definition) is 1. The lowest BCUT2D eigenvalue weighted by Crippen LogP contribution is -2.39. The molecule has 0 aliphatic heterocycles. The summed E-state index contributed by atoms with van der Waals surface area (Å²) in [5, 5.41) is 2.90. The van der Waals surface area contributed by atoms with Crippen LogP contribution in [0.2, 0.25) is 0 Å². The van der Waals surface area contributed by atoms with Gasteiger partial charge in [-0.05, 0) is 31.8 Å². The van der Waals surface area contributed by atoms with Crippen molar-refractivity contribution in [3.63, 3.8) is 0 Å². The summed E-state index contributed by atoms with van der Waals surface area (Å²) in [5.74, 6) is 1.73. The van der Waals surface area contributed by atoms with E-state index < -0.39 is 0 Å². The van der Waals surface area contributed by atoms with E-state index in [4.69, 9.17) is 14.2 Å². The first kappa shape index (κ1) is 18.9. The van der Waals surface area contributed by atoms with Crippen molar-refractivity contribution < 1.29 is 19.0 Å². The van der Waals surface area contributed by atoms with Gasteiger partial charge in [0.1, 0.15) is 0 Å². The first-order valence-corrected chi connectivity index (χ1v) is 7.27. The van der Waals surface area contributed by atoms with Gasteiger partial charge in [0.2, 0.25) is 5.75 Å². The monoisotopic (exact) mass is 325 g/mol. The van der Waals surface area contributed by atoms with Gasteiger partial charge in [-0.1, -0.05) is 0 Å². The zero-order valence-corrected chi connectivity index (χ0v) is 15.0. The van der Waals surface area contributed by atoms with E-state index in [0.717, 1.165) is 5.56 Å². The second kappa shape index (κ2) is 8.47. The highest BCUT2D eigenvalue weighted by atomic mass is 16.5. The standard InChI is InChI=1S/C16H27N3O4/c1-18(2)12(10-17-16(20)19(3)4)11-8-13(21-5)15(23-7)14(9-11)22-6/h8-9,12H,10H2,1-7H3,(H,17,20). The minimum Gasteiger partial charge on any atom is -0.493 e. The van der Waals surface area contributed by atoms with Crippen LogP contribution < -0.4 is 19.5 Å². The molecule has 0 spiro atoms. The zero-order chi connectivity index (χ0) is 17.6. The topological polar surface area (TPSA) is 63.3 Å². The number of methoxy groups -OCH3 is 3. The third-order valence-electron chi connectivity index (χ3n) is 3.55. The predicted molar refractivity (Wildman–Crippen MR) is 89.6 cm³/mol. The third-order valence-corrected chi connectivity index (χ3v) is 3.55. The molecule has 1 rings (SSSR count). The number of nitrogens with one attached hydrogen (secondary N) is 1. The van der Waals surface area contributed by atoms with E-state index in [1.54, 1.807) is 35.4 Å². The fraction of sp³-hybridized carbons (Fsp3) is 0.562. The summed E-state index contributed by atoms with van der Waals surface area (Å²) in [6.45, 7) is 0.461.